The Morgan fingerprint density at radius 2 is 1.27 bits per heavy atom. The lowest BCUT2D eigenvalue weighted by Gasteiger charge is -2.14. The Kier molecular flexibility index (Phi) is 17.4. The number of thioether (sulfide) groups is 1. The first-order chi connectivity index (χ1) is 19.1. The highest BCUT2D eigenvalue weighted by Gasteiger charge is 2.21. The van der Waals surface area contributed by atoms with Gasteiger partial charge in [0.1, 0.15) is 18.7 Å². The number of carbonyl (C=O) groups excluding carboxylic acids is 2. The van der Waals surface area contributed by atoms with Gasteiger partial charge >= 0.3 is 18.0 Å². The number of carbonyl (C=O) groups is 4. The van der Waals surface area contributed by atoms with Gasteiger partial charge in [-0.25, -0.2) is 9.59 Å². The summed E-state index contributed by atoms with van der Waals surface area (Å²) in [4.78, 5) is 42.7. The smallest absolute Gasteiger partial charge is 0.408 e. The Morgan fingerprint density at radius 1 is 0.825 bits per heavy atom. The minimum atomic E-state index is -1.10. The van der Waals surface area contributed by atoms with Gasteiger partial charge in [-0.2, -0.15) is 11.8 Å². The Morgan fingerprint density at radius 3 is 1.73 bits per heavy atom. The lowest BCUT2D eigenvalue weighted by atomic mass is 10.1. The molecule has 1 amide bonds. The zero-order valence-electron chi connectivity index (χ0n) is 21.9. The van der Waals surface area contributed by atoms with Crippen LogP contribution in [0.3, 0.4) is 0 Å². The molecule has 0 saturated carbocycles. The van der Waals surface area contributed by atoms with E-state index in [-0.39, 0.29) is 17.7 Å². The van der Waals surface area contributed by atoms with Crippen molar-refractivity contribution in [3.63, 3.8) is 0 Å². The van der Waals surface area contributed by atoms with E-state index in [0.29, 0.717) is 5.75 Å². The Bertz CT molecular complexity index is 1160. The third-order valence-corrected chi connectivity index (χ3v) is 5.94. The van der Waals surface area contributed by atoms with Gasteiger partial charge in [0.05, 0.1) is 0 Å². The van der Waals surface area contributed by atoms with Crippen molar-refractivity contribution in [3.8, 4) is 0 Å². The predicted octanol–water partition coefficient (Wildman–Crippen LogP) is 4.87. The molecular weight excluding hydrogens is 600 g/mol. The third-order valence-electron chi connectivity index (χ3n) is 4.81. The summed E-state index contributed by atoms with van der Waals surface area (Å²) in [5, 5.41) is 20.1. The van der Waals surface area contributed by atoms with Crippen LogP contribution < -0.4 is 11.1 Å². The SMILES string of the molecule is CC(=O)Br.N[C@@H](CSCc1ccccc1)C(=O)O.O=C(N[C@@H](Cc1ccccc1)C(=O)O)OCc1ccccc1. The van der Waals surface area contributed by atoms with Crippen molar-refractivity contribution in [1.29, 1.82) is 0 Å². The fourth-order valence-corrected chi connectivity index (χ4v) is 3.85. The maximum absolute atomic E-state index is 11.7. The molecule has 3 aromatic carbocycles. The molecule has 0 spiro atoms. The fourth-order valence-electron chi connectivity index (χ4n) is 2.91. The highest BCUT2D eigenvalue weighted by atomic mass is 79.9. The number of alkyl carbamates (subject to hydrolysis) is 1. The normalized spacial score (nSPS) is 11.3. The largest absolute Gasteiger partial charge is 0.480 e. The van der Waals surface area contributed by atoms with Crippen molar-refractivity contribution in [3.05, 3.63) is 108 Å². The minimum absolute atomic E-state index is 0.0208. The number of ether oxygens (including phenoxy) is 1. The van der Waals surface area contributed by atoms with E-state index in [1.54, 1.807) is 0 Å². The molecular formula is C29H33BrN2O7S. The van der Waals surface area contributed by atoms with Gasteiger partial charge in [-0.05, 0) is 32.6 Å². The van der Waals surface area contributed by atoms with Gasteiger partial charge in [-0.15, -0.1) is 0 Å². The molecule has 40 heavy (non-hydrogen) atoms. The van der Waals surface area contributed by atoms with Gasteiger partial charge in [0.2, 0.25) is 0 Å². The molecule has 0 bridgehead atoms. The Balaban J connectivity index is 0.000000380. The van der Waals surface area contributed by atoms with Crippen molar-refractivity contribution in [2.75, 3.05) is 5.75 Å². The number of rotatable bonds is 11. The van der Waals surface area contributed by atoms with Crippen LogP contribution >= 0.6 is 27.7 Å². The maximum Gasteiger partial charge on any atom is 0.408 e. The van der Waals surface area contributed by atoms with Gasteiger partial charge in [0, 0.05) is 24.9 Å². The highest BCUT2D eigenvalue weighted by Crippen LogP contribution is 2.12. The maximum atomic E-state index is 11.7. The van der Waals surface area contributed by atoms with Crippen molar-refractivity contribution in [1.82, 2.24) is 5.32 Å². The number of aliphatic carboxylic acids is 2. The number of carboxylic acid groups (broad SMARTS) is 2. The van der Waals surface area contributed by atoms with Crippen LogP contribution in [0.25, 0.3) is 0 Å². The summed E-state index contributed by atoms with van der Waals surface area (Å²) in [6, 6.07) is 26.4. The number of hydrogen-bond donors (Lipinski definition) is 4. The van der Waals surface area contributed by atoms with E-state index in [4.69, 9.17) is 15.6 Å². The summed E-state index contributed by atoms with van der Waals surface area (Å²) < 4.78 is 5.01. The van der Waals surface area contributed by atoms with Gasteiger partial charge in [-0.1, -0.05) is 91.0 Å². The molecule has 0 aromatic heterocycles. The zero-order valence-corrected chi connectivity index (χ0v) is 24.3. The molecule has 9 nitrogen and oxygen atoms in total. The molecule has 11 heteroatoms. The number of hydrogen-bond acceptors (Lipinski definition) is 7. The second-order valence-electron chi connectivity index (χ2n) is 8.20. The standard InChI is InChI=1S/C17H17NO4.C10H13NO2S.C2H3BrO/c19-16(20)15(11-13-7-3-1-4-8-13)18-17(21)22-12-14-9-5-2-6-10-14;11-9(10(12)13)7-14-6-8-4-2-1-3-5-8;1-2(3)4/h1-10,15H,11-12H2,(H,18,21)(H,19,20);1-5,9H,6-7,11H2,(H,12,13);1H3/t15-;9-;/m00./s1. The van der Waals surface area contributed by atoms with E-state index in [1.807, 2.05) is 91.0 Å². The van der Waals surface area contributed by atoms with Gasteiger partial charge < -0.3 is 26.0 Å². The average Bonchev–Trinajstić information content (AvgIpc) is 2.93. The molecule has 0 aliphatic carbocycles. The molecule has 0 heterocycles. The van der Waals surface area contributed by atoms with E-state index in [2.05, 4.69) is 21.2 Å². The van der Waals surface area contributed by atoms with E-state index in [1.165, 1.54) is 24.2 Å². The Labute approximate surface area is 246 Å². The van der Waals surface area contributed by atoms with Crippen molar-refractivity contribution in [2.24, 2.45) is 5.73 Å². The fraction of sp³-hybridized carbons (Fsp3) is 0.241. The summed E-state index contributed by atoms with van der Waals surface area (Å²) in [6.45, 7) is 1.55. The molecule has 0 radical (unpaired) electrons. The number of nitrogens with one attached hydrogen (secondary N) is 1. The topological polar surface area (TPSA) is 156 Å². The van der Waals surface area contributed by atoms with Gasteiger partial charge in [0.25, 0.3) is 0 Å². The number of halogens is 1. The van der Waals surface area contributed by atoms with Crippen molar-refractivity contribution < 1.29 is 34.1 Å². The van der Waals surface area contributed by atoms with Crippen molar-refractivity contribution >= 4 is 50.4 Å². The molecule has 0 aliphatic rings. The van der Waals surface area contributed by atoms with E-state index >= 15 is 0 Å². The molecule has 0 unspecified atom stereocenters. The van der Waals surface area contributed by atoms with Gasteiger partial charge in [0.15, 0.2) is 4.69 Å². The molecule has 0 fully saturated rings. The molecule has 0 saturated heterocycles. The lowest BCUT2D eigenvalue weighted by molar-refractivity contribution is -0.139. The second kappa shape index (κ2) is 20.3. The first-order valence-electron chi connectivity index (χ1n) is 12.1. The molecule has 3 aromatic rings. The highest BCUT2D eigenvalue weighted by molar-refractivity contribution is 9.18. The van der Waals surface area contributed by atoms with Crippen LogP contribution in [0.1, 0.15) is 23.6 Å². The van der Waals surface area contributed by atoms with Crippen LogP contribution in [0.5, 0.6) is 0 Å². The van der Waals surface area contributed by atoms with Crippen LogP contribution in [-0.4, -0.2) is 50.8 Å². The van der Waals surface area contributed by atoms with Crippen LogP contribution in [0.15, 0.2) is 91.0 Å². The number of nitrogens with two attached hydrogens (primary N) is 1. The summed E-state index contributed by atoms with van der Waals surface area (Å²) in [5.74, 6) is -0.780. The summed E-state index contributed by atoms with van der Waals surface area (Å²) >= 11 is 4.17. The molecule has 3 rings (SSSR count). The summed E-state index contributed by atoms with van der Waals surface area (Å²) in [7, 11) is 0. The first-order valence-corrected chi connectivity index (χ1v) is 14.0. The van der Waals surface area contributed by atoms with Crippen LogP contribution in [-0.2, 0) is 37.9 Å². The lowest BCUT2D eigenvalue weighted by Crippen LogP contribution is -2.42. The van der Waals surface area contributed by atoms with E-state index < -0.39 is 30.1 Å². The predicted molar refractivity (Wildman–Crippen MR) is 159 cm³/mol. The van der Waals surface area contributed by atoms with Crippen LogP contribution in [0, 0.1) is 0 Å². The average molecular weight is 634 g/mol. The van der Waals surface area contributed by atoms with E-state index in [0.717, 1.165) is 16.9 Å². The van der Waals surface area contributed by atoms with Crippen LogP contribution in [0.4, 0.5) is 4.79 Å². The Hall–Kier alpha value is -3.67. The quantitative estimate of drug-likeness (QED) is 0.217. The number of carboxylic acids is 2. The van der Waals surface area contributed by atoms with Crippen LogP contribution in [0.2, 0.25) is 0 Å². The minimum Gasteiger partial charge on any atom is -0.480 e. The number of benzene rings is 3. The number of amides is 1. The molecule has 0 aliphatic heterocycles. The van der Waals surface area contributed by atoms with Gasteiger partial charge in [-0.3, -0.25) is 9.59 Å². The second-order valence-corrected chi connectivity index (χ2v) is 10.3. The van der Waals surface area contributed by atoms with Crippen molar-refractivity contribution in [2.45, 2.75) is 37.8 Å². The monoisotopic (exact) mass is 632 g/mol. The van der Waals surface area contributed by atoms with E-state index in [9.17, 15) is 24.3 Å². The molecule has 2 atom stereocenters. The summed E-state index contributed by atoms with van der Waals surface area (Å²) in [6.07, 6.45) is -0.538. The molecule has 214 valence electrons. The third kappa shape index (κ3) is 17.0. The zero-order chi connectivity index (χ0) is 29.8. The molecule has 5 N–H and O–H groups in total. The first kappa shape index (κ1) is 34.4. The summed E-state index contributed by atoms with van der Waals surface area (Å²) in [5.41, 5.74) is 8.22.